The Kier molecular flexibility index (Phi) is 3.33. The lowest BCUT2D eigenvalue weighted by molar-refractivity contribution is 0.140. The standard InChI is InChI=1S/C11H19I/c12-8-9-5-6-10-3-1-2-4-11(10)7-9/h9-11H,1-8H2/t9-,10+,11-/m1/s1. The van der Waals surface area contributed by atoms with Crippen LogP contribution < -0.4 is 0 Å². The normalized spacial score (nSPS) is 42.2. The van der Waals surface area contributed by atoms with Gasteiger partial charge in [-0.15, -0.1) is 0 Å². The van der Waals surface area contributed by atoms with Gasteiger partial charge in [0.1, 0.15) is 0 Å². The lowest BCUT2D eigenvalue weighted by Crippen LogP contribution is -2.28. The van der Waals surface area contributed by atoms with Crippen LogP contribution in [-0.4, -0.2) is 4.43 Å². The molecule has 0 unspecified atom stereocenters. The maximum atomic E-state index is 2.57. The first kappa shape index (κ1) is 9.29. The molecule has 2 aliphatic rings. The van der Waals surface area contributed by atoms with E-state index < -0.39 is 0 Å². The summed E-state index contributed by atoms with van der Waals surface area (Å²) >= 11 is 2.57. The highest BCUT2D eigenvalue weighted by Gasteiger charge is 2.31. The van der Waals surface area contributed by atoms with Gasteiger partial charge in [-0.3, -0.25) is 0 Å². The maximum absolute atomic E-state index is 2.57. The molecule has 0 amide bonds. The van der Waals surface area contributed by atoms with Crippen molar-refractivity contribution in [3.05, 3.63) is 0 Å². The highest BCUT2D eigenvalue weighted by atomic mass is 127. The molecular formula is C11H19I. The third-order valence-corrected chi connectivity index (χ3v) is 5.11. The Balaban J connectivity index is 1.90. The van der Waals surface area contributed by atoms with Crippen LogP contribution in [0.15, 0.2) is 0 Å². The molecule has 2 saturated carbocycles. The summed E-state index contributed by atoms with van der Waals surface area (Å²) in [5.41, 5.74) is 0. The summed E-state index contributed by atoms with van der Waals surface area (Å²) in [5, 5.41) is 0. The van der Waals surface area contributed by atoms with E-state index in [2.05, 4.69) is 22.6 Å². The van der Waals surface area contributed by atoms with Gasteiger partial charge in [-0.05, 0) is 37.0 Å². The second-order valence-corrected chi connectivity index (χ2v) is 5.52. The molecule has 0 heterocycles. The highest BCUT2D eigenvalue weighted by Crippen LogP contribution is 2.42. The lowest BCUT2D eigenvalue weighted by Gasteiger charge is -2.38. The zero-order chi connectivity index (χ0) is 8.39. The highest BCUT2D eigenvalue weighted by molar-refractivity contribution is 14.1. The van der Waals surface area contributed by atoms with E-state index in [4.69, 9.17) is 0 Å². The first-order chi connectivity index (χ1) is 5.90. The van der Waals surface area contributed by atoms with Gasteiger partial charge in [0.15, 0.2) is 0 Å². The van der Waals surface area contributed by atoms with E-state index in [0.29, 0.717) is 0 Å². The summed E-state index contributed by atoms with van der Waals surface area (Å²) in [6.07, 6.45) is 10.8. The minimum absolute atomic E-state index is 1.07. The van der Waals surface area contributed by atoms with Crippen LogP contribution in [0, 0.1) is 17.8 Å². The van der Waals surface area contributed by atoms with Crippen LogP contribution in [0.5, 0.6) is 0 Å². The van der Waals surface area contributed by atoms with Crippen molar-refractivity contribution in [3.63, 3.8) is 0 Å². The summed E-state index contributed by atoms with van der Waals surface area (Å²) in [4.78, 5) is 0. The van der Waals surface area contributed by atoms with E-state index in [1.165, 1.54) is 23.7 Å². The molecule has 0 nitrogen and oxygen atoms in total. The van der Waals surface area contributed by atoms with Gasteiger partial charge in [0.05, 0.1) is 0 Å². The van der Waals surface area contributed by atoms with Crippen molar-refractivity contribution in [3.8, 4) is 0 Å². The Labute approximate surface area is 89.6 Å². The fourth-order valence-corrected chi connectivity index (χ4v) is 3.91. The number of fused-ring (bicyclic) bond motifs is 1. The molecule has 0 aromatic heterocycles. The number of hydrogen-bond donors (Lipinski definition) is 0. The Morgan fingerprint density at radius 2 is 1.67 bits per heavy atom. The molecule has 1 heteroatoms. The molecule has 70 valence electrons. The summed E-state index contributed by atoms with van der Waals surface area (Å²) in [6.45, 7) is 0. The number of rotatable bonds is 1. The lowest BCUT2D eigenvalue weighted by atomic mass is 9.68. The second-order valence-electron chi connectivity index (χ2n) is 4.64. The fraction of sp³-hybridized carbons (Fsp3) is 1.00. The van der Waals surface area contributed by atoms with Crippen LogP contribution in [0.1, 0.15) is 44.9 Å². The summed E-state index contributed by atoms with van der Waals surface area (Å²) in [6, 6.07) is 0. The van der Waals surface area contributed by atoms with Gasteiger partial charge in [-0.1, -0.05) is 48.3 Å². The van der Waals surface area contributed by atoms with Crippen LogP contribution in [0.2, 0.25) is 0 Å². The van der Waals surface area contributed by atoms with Gasteiger partial charge in [-0.2, -0.15) is 0 Å². The molecular weight excluding hydrogens is 259 g/mol. The van der Waals surface area contributed by atoms with Gasteiger partial charge in [-0.25, -0.2) is 0 Å². The first-order valence-electron chi connectivity index (χ1n) is 5.46. The molecule has 0 aromatic rings. The third kappa shape index (κ3) is 1.97. The quantitative estimate of drug-likeness (QED) is 0.502. The van der Waals surface area contributed by atoms with Crippen molar-refractivity contribution in [2.45, 2.75) is 44.9 Å². The molecule has 0 bridgehead atoms. The topological polar surface area (TPSA) is 0 Å². The predicted molar refractivity (Wildman–Crippen MR) is 61.7 cm³/mol. The minimum Gasteiger partial charge on any atom is -0.0861 e. The SMILES string of the molecule is IC[C@@H]1CC[C@@H]2CCCC[C@@H]2C1. The van der Waals surface area contributed by atoms with E-state index in [1.807, 2.05) is 0 Å². The third-order valence-electron chi connectivity index (χ3n) is 3.87. The Morgan fingerprint density at radius 3 is 2.42 bits per heavy atom. The molecule has 2 aliphatic carbocycles. The van der Waals surface area contributed by atoms with Crippen LogP contribution >= 0.6 is 22.6 Å². The molecule has 0 aromatic carbocycles. The minimum atomic E-state index is 1.07. The fourth-order valence-electron chi connectivity index (χ4n) is 3.11. The first-order valence-corrected chi connectivity index (χ1v) is 6.98. The zero-order valence-corrected chi connectivity index (χ0v) is 9.92. The van der Waals surface area contributed by atoms with E-state index in [0.717, 1.165) is 17.8 Å². The van der Waals surface area contributed by atoms with Gasteiger partial charge in [0, 0.05) is 4.43 Å². The Hall–Kier alpha value is 0.730. The molecule has 0 saturated heterocycles. The van der Waals surface area contributed by atoms with Gasteiger partial charge < -0.3 is 0 Å². The summed E-state index contributed by atoms with van der Waals surface area (Å²) in [5.74, 6) is 3.34. The monoisotopic (exact) mass is 278 g/mol. The predicted octanol–water partition coefficient (Wildman–Crippen LogP) is 4.03. The van der Waals surface area contributed by atoms with Crippen LogP contribution in [0.25, 0.3) is 0 Å². The van der Waals surface area contributed by atoms with Crippen molar-refractivity contribution in [1.29, 1.82) is 0 Å². The van der Waals surface area contributed by atoms with Crippen molar-refractivity contribution >= 4 is 22.6 Å². The maximum Gasteiger partial charge on any atom is 0.00238 e. The molecule has 12 heavy (non-hydrogen) atoms. The van der Waals surface area contributed by atoms with Gasteiger partial charge in [0.2, 0.25) is 0 Å². The van der Waals surface area contributed by atoms with Crippen LogP contribution in [0.3, 0.4) is 0 Å². The van der Waals surface area contributed by atoms with Crippen molar-refractivity contribution < 1.29 is 0 Å². The molecule has 2 rings (SSSR count). The van der Waals surface area contributed by atoms with Crippen molar-refractivity contribution in [1.82, 2.24) is 0 Å². The molecule has 0 aliphatic heterocycles. The summed E-state index contributed by atoms with van der Waals surface area (Å²) in [7, 11) is 0. The van der Waals surface area contributed by atoms with E-state index >= 15 is 0 Å². The largest absolute Gasteiger partial charge is 0.0861 e. The summed E-state index contributed by atoms with van der Waals surface area (Å²) < 4.78 is 1.40. The van der Waals surface area contributed by atoms with Crippen molar-refractivity contribution in [2.24, 2.45) is 17.8 Å². The average molecular weight is 278 g/mol. The smallest absolute Gasteiger partial charge is 0.00238 e. The second kappa shape index (κ2) is 4.30. The van der Waals surface area contributed by atoms with Gasteiger partial charge >= 0.3 is 0 Å². The Morgan fingerprint density at radius 1 is 0.917 bits per heavy atom. The van der Waals surface area contributed by atoms with Gasteiger partial charge in [0.25, 0.3) is 0 Å². The Bertz CT molecular complexity index is 144. The van der Waals surface area contributed by atoms with Crippen molar-refractivity contribution in [2.75, 3.05) is 4.43 Å². The van der Waals surface area contributed by atoms with E-state index in [-0.39, 0.29) is 0 Å². The number of hydrogen-bond acceptors (Lipinski definition) is 0. The molecule has 3 atom stereocenters. The molecule has 2 fully saturated rings. The van der Waals surface area contributed by atoms with E-state index in [1.54, 1.807) is 25.7 Å². The van der Waals surface area contributed by atoms with Crippen LogP contribution in [-0.2, 0) is 0 Å². The molecule has 0 radical (unpaired) electrons. The molecule has 0 N–H and O–H groups in total. The number of halogens is 1. The zero-order valence-electron chi connectivity index (χ0n) is 7.77. The average Bonchev–Trinajstić information content (AvgIpc) is 2.17. The number of alkyl halides is 1. The van der Waals surface area contributed by atoms with Crippen LogP contribution in [0.4, 0.5) is 0 Å². The molecule has 0 spiro atoms. The van der Waals surface area contributed by atoms with E-state index in [9.17, 15) is 0 Å².